The summed E-state index contributed by atoms with van der Waals surface area (Å²) in [6.45, 7) is 6.36. The molecule has 1 aromatic carbocycles. The largest absolute Gasteiger partial charge is 0.362 e. The summed E-state index contributed by atoms with van der Waals surface area (Å²) in [7, 11) is 0. The SMILES string of the molecule is Cc1sc2ncnc(SCC(=O)N3CCN(c4ccccc4[N+](=O)[O-])CC3)c2c1C. The predicted molar refractivity (Wildman–Crippen MR) is 120 cm³/mol. The van der Waals surface area contributed by atoms with Gasteiger partial charge in [0, 0.05) is 42.5 Å². The molecule has 0 unspecified atom stereocenters. The second-order valence-electron chi connectivity index (χ2n) is 7.04. The molecule has 0 N–H and O–H groups in total. The lowest BCUT2D eigenvalue weighted by Crippen LogP contribution is -2.49. The van der Waals surface area contributed by atoms with Gasteiger partial charge in [0.25, 0.3) is 5.69 Å². The highest BCUT2D eigenvalue weighted by molar-refractivity contribution is 8.00. The van der Waals surface area contributed by atoms with Gasteiger partial charge in [-0.15, -0.1) is 11.3 Å². The molecule has 0 radical (unpaired) electrons. The van der Waals surface area contributed by atoms with Gasteiger partial charge in [-0.25, -0.2) is 9.97 Å². The summed E-state index contributed by atoms with van der Waals surface area (Å²) in [5.41, 5.74) is 1.88. The molecule has 30 heavy (non-hydrogen) atoms. The summed E-state index contributed by atoms with van der Waals surface area (Å²) >= 11 is 3.09. The number of nitrogens with zero attached hydrogens (tertiary/aromatic N) is 5. The van der Waals surface area contributed by atoms with Gasteiger partial charge >= 0.3 is 0 Å². The van der Waals surface area contributed by atoms with E-state index in [1.54, 1.807) is 35.9 Å². The first-order valence-electron chi connectivity index (χ1n) is 9.55. The zero-order valence-corrected chi connectivity index (χ0v) is 18.3. The van der Waals surface area contributed by atoms with Gasteiger partial charge in [-0.3, -0.25) is 14.9 Å². The molecular formula is C20H21N5O3S2. The van der Waals surface area contributed by atoms with E-state index >= 15 is 0 Å². The van der Waals surface area contributed by atoms with Crippen molar-refractivity contribution in [1.82, 2.24) is 14.9 Å². The third-order valence-electron chi connectivity index (χ3n) is 5.31. The standard InChI is InChI=1S/C20H21N5O3S2/c1-13-14(2)30-20-18(13)19(21-12-22-20)29-11-17(26)24-9-7-23(8-10-24)15-5-3-4-6-16(15)25(27)28/h3-6,12H,7-11H2,1-2H3. The summed E-state index contributed by atoms with van der Waals surface area (Å²) in [6.07, 6.45) is 1.55. The number of rotatable bonds is 5. The Bertz CT molecular complexity index is 1110. The molecule has 3 heterocycles. The number of fused-ring (bicyclic) bond motifs is 1. The zero-order valence-electron chi connectivity index (χ0n) is 16.7. The van der Waals surface area contributed by atoms with Crippen molar-refractivity contribution >= 4 is 50.6 Å². The highest BCUT2D eigenvalue weighted by Gasteiger charge is 2.25. The summed E-state index contributed by atoms with van der Waals surface area (Å²) < 4.78 is 0. The number of thioether (sulfide) groups is 1. The van der Waals surface area contributed by atoms with Crippen molar-refractivity contribution in [2.45, 2.75) is 18.9 Å². The molecule has 0 atom stereocenters. The molecule has 0 saturated carbocycles. The third kappa shape index (κ3) is 3.97. The fraction of sp³-hybridized carbons (Fsp3) is 0.350. The van der Waals surface area contributed by atoms with Crippen LogP contribution in [-0.2, 0) is 4.79 Å². The first kappa shape index (κ1) is 20.5. The third-order valence-corrected chi connectivity index (χ3v) is 7.40. The predicted octanol–water partition coefficient (Wildman–Crippen LogP) is 3.66. The van der Waals surface area contributed by atoms with Gasteiger partial charge in [0.1, 0.15) is 21.9 Å². The molecule has 156 valence electrons. The number of hydrogen-bond acceptors (Lipinski definition) is 8. The molecule has 4 rings (SSSR count). The van der Waals surface area contributed by atoms with E-state index in [1.165, 1.54) is 28.3 Å². The molecule has 0 spiro atoms. The number of nitro groups is 1. The maximum absolute atomic E-state index is 12.8. The minimum Gasteiger partial charge on any atom is -0.362 e. The van der Waals surface area contributed by atoms with Crippen LogP contribution < -0.4 is 4.90 Å². The minimum absolute atomic E-state index is 0.0542. The quantitative estimate of drug-likeness (QED) is 0.257. The summed E-state index contributed by atoms with van der Waals surface area (Å²) in [6, 6.07) is 6.74. The van der Waals surface area contributed by atoms with Gasteiger partial charge in [-0.05, 0) is 25.5 Å². The van der Waals surface area contributed by atoms with E-state index < -0.39 is 0 Å². The number of carbonyl (C=O) groups excluding carboxylic acids is 1. The molecule has 1 amide bonds. The van der Waals surface area contributed by atoms with Gasteiger partial charge in [-0.2, -0.15) is 0 Å². The van der Waals surface area contributed by atoms with Crippen LogP contribution in [0.5, 0.6) is 0 Å². The summed E-state index contributed by atoms with van der Waals surface area (Å²) in [5, 5.41) is 13.2. The molecule has 1 aliphatic rings. The van der Waals surface area contributed by atoms with Crippen LogP contribution in [0, 0.1) is 24.0 Å². The van der Waals surface area contributed by atoms with Crippen molar-refractivity contribution in [2.24, 2.45) is 0 Å². The number of aryl methyl sites for hydroxylation is 2. The van der Waals surface area contributed by atoms with Gasteiger partial charge in [0.2, 0.25) is 5.91 Å². The van der Waals surface area contributed by atoms with Gasteiger partial charge in [0.15, 0.2) is 0 Å². The maximum atomic E-state index is 12.8. The first-order valence-corrected chi connectivity index (χ1v) is 11.4. The Morgan fingerprint density at radius 3 is 2.67 bits per heavy atom. The second-order valence-corrected chi connectivity index (χ2v) is 9.21. The Kier molecular flexibility index (Phi) is 5.87. The van der Waals surface area contributed by atoms with Crippen molar-refractivity contribution in [3.05, 3.63) is 51.1 Å². The average molecular weight is 444 g/mol. The number of benzene rings is 1. The number of amides is 1. The van der Waals surface area contributed by atoms with E-state index in [9.17, 15) is 14.9 Å². The fourth-order valence-electron chi connectivity index (χ4n) is 3.56. The zero-order chi connectivity index (χ0) is 21.3. The summed E-state index contributed by atoms with van der Waals surface area (Å²) in [5.74, 6) is 0.366. The smallest absolute Gasteiger partial charge is 0.292 e. The van der Waals surface area contributed by atoms with Crippen LogP contribution in [0.4, 0.5) is 11.4 Å². The van der Waals surface area contributed by atoms with Crippen LogP contribution >= 0.6 is 23.1 Å². The van der Waals surface area contributed by atoms with Crippen molar-refractivity contribution in [2.75, 3.05) is 36.8 Å². The minimum atomic E-state index is -0.361. The van der Waals surface area contributed by atoms with E-state index in [4.69, 9.17) is 0 Å². The Hall–Kier alpha value is -2.72. The normalized spacial score (nSPS) is 14.3. The molecule has 1 aliphatic heterocycles. The van der Waals surface area contributed by atoms with Crippen LogP contribution in [0.2, 0.25) is 0 Å². The maximum Gasteiger partial charge on any atom is 0.292 e. The van der Waals surface area contributed by atoms with Crippen LogP contribution in [0.25, 0.3) is 10.2 Å². The van der Waals surface area contributed by atoms with Gasteiger partial charge in [-0.1, -0.05) is 23.9 Å². The monoisotopic (exact) mass is 443 g/mol. The highest BCUT2D eigenvalue weighted by atomic mass is 32.2. The Morgan fingerprint density at radius 1 is 1.20 bits per heavy atom. The van der Waals surface area contributed by atoms with Crippen LogP contribution in [0.1, 0.15) is 10.4 Å². The van der Waals surface area contributed by atoms with Crippen molar-refractivity contribution in [3.8, 4) is 0 Å². The molecule has 0 bridgehead atoms. The lowest BCUT2D eigenvalue weighted by atomic mass is 10.2. The topological polar surface area (TPSA) is 92.5 Å². The van der Waals surface area contributed by atoms with Crippen LogP contribution in [0.15, 0.2) is 35.6 Å². The van der Waals surface area contributed by atoms with E-state index in [0.29, 0.717) is 37.6 Å². The molecule has 0 aliphatic carbocycles. The van der Waals surface area contributed by atoms with E-state index in [-0.39, 0.29) is 16.5 Å². The second kappa shape index (κ2) is 8.57. The molecule has 10 heteroatoms. The molecular weight excluding hydrogens is 422 g/mol. The number of anilines is 1. The number of para-hydroxylation sites is 2. The Labute approximate surface area is 182 Å². The number of hydrogen-bond donors (Lipinski definition) is 0. The number of piperazine rings is 1. The molecule has 8 nitrogen and oxygen atoms in total. The Morgan fingerprint density at radius 2 is 1.93 bits per heavy atom. The van der Waals surface area contributed by atoms with Gasteiger partial charge in [0.05, 0.1) is 10.7 Å². The van der Waals surface area contributed by atoms with Crippen molar-refractivity contribution in [1.29, 1.82) is 0 Å². The number of thiophene rings is 1. The lowest BCUT2D eigenvalue weighted by molar-refractivity contribution is -0.384. The molecule has 3 aromatic rings. The molecule has 2 aromatic heterocycles. The van der Waals surface area contributed by atoms with Crippen LogP contribution in [-0.4, -0.2) is 57.6 Å². The van der Waals surface area contributed by atoms with Gasteiger partial charge < -0.3 is 9.80 Å². The highest BCUT2D eigenvalue weighted by Crippen LogP contribution is 2.34. The number of nitro benzene ring substituents is 1. The first-order chi connectivity index (χ1) is 14.5. The van der Waals surface area contributed by atoms with Crippen molar-refractivity contribution in [3.63, 3.8) is 0 Å². The molecule has 1 saturated heterocycles. The fourth-order valence-corrected chi connectivity index (χ4v) is 5.58. The molecule has 1 fully saturated rings. The average Bonchev–Trinajstić information content (AvgIpc) is 3.06. The number of carbonyl (C=O) groups is 1. The van der Waals surface area contributed by atoms with E-state index in [2.05, 4.69) is 23.8 Å². The lowest BCUT2D eigenvalue weighted by Gasteiger charge is -2.35. The Balaban J connectivity index is 1.38. The summed E-state index contributed by atoms with van der Waals surface area (Å²) in [4.78, 5) is 38.4. The van der Waals surface area contributed by atoms with E-state index in [1.807, 2.05) is 9.80 Å². The van der Waals surface area contributed by atoms with Crippen molar-refractivity contribution < 1.29 is 9.72 Å². The number of aromatic nitrogens is 2. The van der Waals surface area contributed by atoms with Crippen LogP contribution in [0.3, 0.4) is 0 Å². The van der Waals surface area contributed by atoms with E-state index in [0.717, 1.165) is 15.2 Å².